The van der Waals surface area contributed by atoms with E-state index in [4.69, 9.17) is 0 Å². The maximum atomic E-state index is 13.0. The lowest BCUT2D eigenvalue weighted by atomic mass is 10.0. The molecule has 4 rings (SSSR count). The van der Waals surface area contributed by atoms with E-state index < -0.39 is 22.0 Å². The minimum absolute atomic E-state index is 0.129. The largest absolute Gasteiger partial charge is 0.336 e. The summed E-state index contributed by atoms with van der Waals surface area (Å²) in [4.78, 5) is 25.9. The molecule has 1 aliphatic heterocycles. The van der Waals surface area contributed by atoms with Gasteiger partial charge in [0.1, 0.15) is 6.04 Å². The number of amides is 2. The van der Waals surface area contributed by atoms with Crippen molar-refractivity contribution in [1.29, 1.82) is 0 Å². The molecule has 1 fully saturated rings. The van der Waals surface area contributed by atoms with E-state index in [1.807, 2.05) is 24.3 Å². The molecule has 7 nitrogen and oxygen atoms in total. The van der Waals surface area contributed by atoms with Gasteiger partial charge in [0.15, 0.2) is 0 Å². The van der Waals surface area contributed by atoms with Gasteiger partial charge in [0, 0.05) is 17.8 Å². The lowest BCUT2D eigenvalue weighted by Crippen LogP contribution is -2.37. The van der Waals surface area contributed by atoms with E-state index in [0.29, 0.717) is 35.5 Å². The molecule has 0 radical (unpaired) electrons. The average Bonchev–Trinajstić information content (AvgIpc) is 3.17. The van der Waals surface area contributed by atoms with Crippen LogP contribution >= 0.6 is 0 Å². The van der Waals surface area contributed by atoms with Crippen LogP contribution in [0.3, 0.4) is 0 Å². The average molecular weight is 450 g/mol. The molecule has 1 aliphatic rings. The van der Waals surface area contributed by atoms with Crippen LogP contribution in [0.5, 0.6) is 0 Å². The third kappa shape index (κ3) is 4.81. The molecule has 2 amide bonds. The van der Waals surface area contributed by atoms with Gasteiger partial charge in [0.25, 0.3) is 11.8 Å². The summed E-state index contributed by atoms with van der Waals surface area (Å²) in [6.07, 6.45) is 0.583. The number of nitrogens with one attached hydrogen (secondary N) is 2. The van der Waals surface area contributed by atoms with Crippen LogP contribution < -0.4 is 14.9 Å². The van der Waals surface area contributed by atoms with Crippen LogP contribution in [0.2, 0.25) is 0 Å². The second kappa shape index (κ2) is 9.23. The number of benzene rings is 3. The number of sulfonamides is 1. The Kier molecular flexibility index (Phi) is 6.23. The van der Waals surface area contributed by atoms with E-state index in [-0.39, 0.29) is 11.7 Å². The number of carbonyl (C=O) groups excluding carboxylic acids is 2. The fraction of sp³-hybridized carbons (Fsp3) is 0.167. The van der Waals surface area contributed by atoms with Crippen molar-refractivity contribution >= 4 is 33.2 Å². The van der Waals surface area contributed by atoms with Gasteiger partial charge in [-0.2, -0.15) is 0 Å². The summed E-state index contributed by atoms with van der Waals surface area (Å²) in [5.41, 5.74) is 2.14. The summed E-state index contributed by atoms with van der Waals surface area (Å²) in [7, 11) is -3.29. The van der Waals surface area contributed by atoms with E-state index in [1.165, 1.54) is 4.31 Å². The van der Waals surface area contributed by atoms with Crippen LogP contribution in [0.25, 0.3) is 0 Å². The lowest BCUT2D eigenvalue weighted by Gasteiger charge is -2.20. The number of nitrogens with zero attached hydrogens (tertiary/aromatic N) is 1. The maximum absolute atomic E-state index is 13.0. The highest BCUT2D eigenvalue weighted by Gasteiger charge is 2.29. The smallest absolute Gasteiger partial charge is 0.252 e. The summed E-state index contributed by atoms with van der Waals surface area (Å²) < 4.78 is 25.6. The number of para-hydroxylation sites is 1. The second-order valence-corrected chi connectivity index (χ2v) is 9.47. The zero-order valence-corrected chi connectivity index (χ0v) is 18.1. The number of anilines is 2. The second-order valence-electron chi connectivity index (χ2n) is 7.46. The number of rotatable bonds is 6. The van der Waals surface area contributed by atoms with Crippen molar-refractivity contribution in [2.24, 2.45) is 0 Å². The summed E-state index contributed by atoms with van der Waals surface area (Å²) in [6.45, 7) is 0.434. The third-order valence-electron chi connectivity index (χ3n) is 5.23. The summed E-state index contributed by atoms with van der Waals surface area (Å²) in [6, 6.07) is 23.5. The van der Waals surface area contributed by atoms with Gasteiger partial charge < -0.3 is 10.6 Å². The first kappa shape index (κ1) is 21.6. The predicted octanol–water partition coefficient (Wildman–Crippen LogP) is 3.34. The van der Waals surface area contributed by atoms with E-state index in [9.17, 15) is 18.0 Å². The van der Waals surface area contributed by atoms with Crippen molar-refractivity contribution in [2.45, 2.75) is 12.5 Å². The Bertz CT molecular complexity index is 1200. The van der Waals surface area contributed by atoms with E-state index in [1.54, 1.807) is 60.7 Å². The van der Waals surface area contributed by atoms with Gasteiger partial charge in [0.05, 0.1) is 11.4 Å². The Labute approximate surface area is 187 Å². The fourth-order valence-electron chi connectivity index (χ4n) is 3.60. The van der Waals surface area contributed by atoms with Crippen molar-refractivity contribution in [3.05, 3.63) is 96.1 Å². The summed E-state index contributed by atoms with van der Waals surface area (Å²) >= 11 is 0. The highest BCUT2D eigenvalue weighted by atomic mass is 32.2. The zero-order chi connectivity index (χ0) is 22.6. The Morgan fingerprint density at radius 3 is 2.06 bits per heavy atom. The van der Waals surface area contributed by atoms with Crippen molar-refractivity contribution in [3.8, 4) is 0 Å². The summed E-state index contributed by atoms with van der Waals surface area (Å²) in [5.74, 6) is -0.668. The van der Waals surface area contributed by atoms with Crippen molar-refractivity contribution in [1.82, 2.24) is 5.32 Å². The van der Waals surface area contributed by atoms with Gasteiger partial charge in [-0.25, -0.2) is 8.42 Å². The molecule has 2 N–H and O–H groups in total. The van der Waals surface area contributed by atoms with Crippen LogP contribution in [0.4, 0.5) is 11.4 Å². The fourth-order valence-corrected chi connectivity index (χ4v) is 5.17. The molecule has 164 valence electrons. The van der Waals surface area contributed by atoms with E-state index in [2.05, 4.69) is 10.6 Å². The number of carbonyl (C=O) groups is 2. The first-order chi connectivity index (χ1) is 15.4. The van der Waals surface area contributed by atoms with E-state index >= 15 is 0 Å². The Balaban J connectivity index is 1.53. The first-order valence-corrected chi connectivity index (χ1v) is 11.9. The van der Waals surface area contributed by atoms with Crippen LogP contribution in [0.1, 0.15) is 28.4 Å². The molecule has 1 heterocycles. The summed E-state index contributed by atoms with van der Waals surface area (Å²) in [5, 5.41) is 5.62. The molecule has 0 spiro atoms. The standard InChI is InChI=1S/C24H23N3O4S/c28-23(19-12-14-21(15-13-19)27-16-7-17-32(27,30)31)26-22(18-8-3-1-4-9-18)24(29)25-20-10-5-2-6-11-20/h1-6,8-15,22H,7,16-17H2,(H,25,29)(H,26,28). The van der Waals surface area contributed by atoms with Gasteiger partial charge in [0.2, 0.25) is 10.0 Å². The highest BCUT2D eigenvalue weighted by Crippen LogP contribution is 2.24. The van der Waals surface area contributed by atoms with Crippen molar-refractivity contribution < 1.29 is 18.0 Å². The van der Waals surface area contributed by atoms with Gasteiger partial charge in [-0.3, -0.25) is 13.9 Å². The molecule has 3 aromatic carbocycles. The maximum Gasteiger partial charge on any atom is 0.252 e. The molecule has 0 aromatic heterocycles. The Morgan fingerprint density at radius 2 is 1.47 bits per heavy atom. The van der Waals surface area contributed by atoms with Crippen LogP contribution in [0, 0.1) is 0 Å². The molecule has 3 aromatic rings. The minimum Gasteiger partial charge on any atom is -0.336 e. The van der Waals surface area contributed by atoms with Crippen LogP contribution in [-0.2, 0) is 14.8 Å². The molecular formula is C24H23N3O4S. The topological polar surface area (TPSA) is 95.6 Å². The Morgan fingerprint density at radius 1 is 0.844 bits per heavy atom. The molecule has 1 saturated heterocycles. The van der Waals surface area contributed by atoms with Gasteiger partial charge in [-0.05, 0) is 48.4 Å². The number of hydrogen-bond acceptors (Lipinski definition) is 4. The van der Waals surface area contributed by atoms with Crippen molar-refractivity contribution in [3.63, 3.8) is 0 Å². The Hall–Kier alpha value is -3.65. The molecule has 0 aliphatic carbocycles. The highest BCUT2D eigenvalue weighted by molar-refractivity contribution is 7.93. The van der Waals surface area contributed by atoms with Crippen LogP contribution in [-0.4, -0.2) is 32.5 Å². The zero-order valence-electron chi connectivity index (χ0n) is 17.3. The minimum atomic E-state index is -3.29. The van der Waals surface area contributed by atoms with Crippen molar-refractivity contribution in [2.75, 3.05) is 21.9 Å². The van der Waals surface area contributed by atoms with Gasteiger partial charge in [-0.1, -0.05) is 48.5 Å². The monoisotopic (exact) mass is 449 g/mol. The first-order valence-electron chi connectivity index (χ1n) is 10.3. The molecule has 32 heavy (non-hydrogen) atoms. The van der Waals surface area contributed by atoms with Gasteiger partial charge in [-0.15, -0.1) is 0 Å². The van der Waals surface area contributed by atoms with Crippen LogP contribution in [0.15, 0.2) is 84.9 Å². The SMILES string of the molecule is O=C(NC(C(=O)Nc1ccccc1)c1ccccc1)c1ccc(N2CCCS2(=O)=O)cc1. The molecule has 0 bridgehead atoms. The molecular weight excluding hydrogens is 426 g/mol. The third-order valence-corrected chi connectivity index (χ3v) is 7.10. The molecule has 0 saturated carbocycles. The lowest BCUT2D eigenvalue weighted by molar-refractivity contribution is -0.118. The molecule has 1 atom stereocenters. The molecule has 1 unspecified atom stereocenters. The quantitative estimate of drug-likeness (QED) is 0.603. The normalized spacial score (nSPS) is 15.7. The van der Waals surface area contributed by atoms with E-state index in [0.717, 1.165) is 0 Å². The predicted molar refractivity (Wildman–Crippen MR) is 124 cm³/mol. The number of hydrogen-bond donors (Lipinski definition) is 2. The van der Waals surface area contributed by atoms with Gasteiger partial charge >= 0.3 is 0 Å². The molecule has 8 heteroatoms.